The highest BCUT2D eigenvalue weighted by molar-refractivity contribution is 7.99. The molecule has 140 valence electrons. The topological polar surface area (TPSA) is 46.6 Å². The first-order valence-corrected chi connectivity index (χ1v) is 9.93. The Morgan fingerprint density at radius 3 is 1.93 bits per heavy atom. The Labute approximate surface area is 176 Å². The molecular weight excluding hydrogens is 417 g/mol. The van der Waals surface area contributed by atoms with Crippen LogP contribution >= 0.6 is 35.0 Å². The van der Waals surface area contributed by atoms with Crippen molar-refractivity contribution in [2.45, 2.75) is 9.79 Å². The molecule has 4 rings (SSSR count). The SMILES string of the molecule is O=C(OCC(=O)N1c2ccccc2Sc2ccccc21)c1c(Cl)cccc1Cl. The van der Waals surface area contributed by atoms with Gasteiger partial charge in [-0.05, 0) is 36.4 Å². The highest BCUT2D eigenvalue weighted by atomic mass is 35.5. The predicted octanol–water partition coefficient (Wildman–Crippen LogP) is 5.98. The van der Waals surface area contributed by atoms with E-state index in [1.807, 2.05) is 48.5 Å². The van der Waals surface area contributed by atoms with E-state index in [1.54, 1.807) is 34.9 Å². The second kappa shape index (κ2) is 7.87. The molecule has 0 fully saturated rings. The fourth-order valence-corrected chi connectivity index (χ4v) is 4.54. The number of halogens is 2. The molecule has 28 heavy (non-hydrogen) atoms. The number of para-hydroxylation sites is 2. The molecule has 0 atom stereocenters. The van der Waals surface area contributed by atoms with Crippen LogP contribution in [-0.4, -0.2) is 18.5 Å². The third kappa shape index (κ3) is 3.49. The number of rotatable bonds is 3. The first-order valence-electron chi connectivity index (χ1n) is 8.36. The molecule has 0 bridgehead atoms. The quantitative estimate of drug-likeness (QED) is 0.480. The zero-order valence-electron chi connectivity index (χ0n) is 14.4. The van der Waals surface area contributed by atoms with Crippen LogP contribution in [0, 0.1) is 0 Å². The van der Waals surface area contributed by atoms with Crippen LogP contribution in [0.5, 0.6) is 0 Å². The lowest BCUT2D eigenvalue weighted by atomic mass is 10.2. The molecular formula is C21H13Cl2NO3S. The van der Waals surface area contributed by atoms with E-state index in [9.17, 15) is 9.59 Å². The number of anilines is 2. The van der Waals surface area contributed by atoms with E-state index in [4.69, 9.17) is 27.9 Å². The Hall–Kier alpha value is -2.47. The smallest absolute Gasteiger partial charge is 0.341 e. The summed E-state index contributed by atoms with van der Waals surface area (Å²) in [5.74, 6) is -1.10. The van der Waals surface area contributed by atoms with Crippen molar-refractivity contribution < 1.29 is 14.3 Å². The van der Waals surface area contributed by atoms with Gasteiger partial charge in [-0.2, -0.15) is 0 Å². The Kier molecular flexibility index (Phi) is 5.31. The van der Waals surface area contributed by atoms with Gasteiger partial charge < -0.3 is 4.74 Å². The number of hydrogen-bond acceptors (Lipinski definition) is 4. The first-order chi connectivity index (χ1) is 13.6. The number of nitrogens with zero attached hydrogens (tertiary/aromatic N) is 1. The molecule has 1 aliphatic rings. The minimum atomic E-state index is -0.739. The van der Waals surface area contributed by atoms with E-state index in [0.29, 0.717) is 0 Å². The lowest BCUT2D eigenvalue weighted by molar-refractivity contribution is -0.121. The van der Waals surface area contributed by atoms with Crippen LogP contribution in [-0.2, 0) is 9.53 Å². The Morgan fingerprint density at radius 2 is 1.36 bits per heavy atom. The van der Waals surface area contributed by atoms with E-state index in [1.165, 1.54) is 0 Å². The molecule has 0 aliphatic carbocycles. The van der Waals surface area contributed by atoms with Crippen LogP contribution in [0.25, 0.3) is 0 Å². The fraction of sp³-hybridized carbons (Fsp3) is 0.0476. The minimum Gasteiger partial charge on any atom is -0.452 e. The number of benzene rings is 3. The van der Waals surface area contributed by atoms with Crippen LogP contribution in [0.4, 0.5) is 11.4 Å². The standard InChI is InChI=1S/C21H13Cl2NO3S/c22-13-6-5-7-14(23)20(13)21(26)27-12-19(25)24-15-8-1-3-10-17(15)28-18-11-4-2-9-16(18)24/h1-11H,12H2. The van der Waals surface area contributed by atoms with Crippen LogP contribution in [0.2, 0.25) is 10.0 Å². The summed E-state index contributed by atoms with van der Waals surface area (Å²) >= 11 is 13.7. The normalized spacial score (nSPS) is 12.1. The van der Waals surface area contributed by atoms with Gasteiger partial charge in [0.05, 0.1) is 27.0 Å². The summed E-state index contributed by atoms with van der Waals surface area (Å²) in [6.45, 7) is -0.437. The second-order valence-corrected chi connectivity index (χ2v) is 7.84. The van der Waals surface area contributed by atoms with Crippen molar-refractivity contribution in [3.63, 3.8) is 0 Å². The second-order valence-electron chi connectivity index (χ2n) is 5.94. The number of fused-ring (bicyclic) bond motifs is 2. The van der Waals surface area contributed by atoms with Gasteiger partial charge in [0.2, 0.25) is 0 Å². The average Bonchev–Trinajstić information content (AvgIpc) is 2.70. The van der Waals surface area contributed by atoms with Gasteiger partial charge in [-0.3, -0.25) is 9.69 Å². The molecule has 1 heterocycles. The van der Waals surface area contributed by atoms with E-state index in [-0.39, 0.29) is 21.5 Å². The van der Waals surface area contributed by atoms with Gasteiger partial charge in [0.1, 0.15) is 0 Å². The summed E-state index contributed by atoms with van der Waals surface area (Å²) in [7, 11) is 0. The number of amides is 1. The Bertz CT molecular complexity index is 1020. The van der Waals surface area contributed by atoms with Crippen molar-refractivity contribution >= 4 is 58.2 Å². The Balaban J connectivity index is 1.60. The van der Waals surface area contributed by atoms with Gasteiger partial charge >= 0.3 is 5.97 Å². The van der Waals surface area contributed by atoms with Gasteiger partial charge in [0, 0.05) is 9.79 Å². The fourth-order valence-electron chi connectivity index (χ4n) is 2.93. The molecule has 7 heteroatoms. The average molecular weight is 430 g/mol. The zero-order chi connectivity index (χ0) is 19.7. The number of carbonyl (C=O) groups is 2. The van der Waals surface area contributed by atoms with Crippen LogP contribution in [0.3, 0.4) is 0 Å². The number of ether oxygens (including phenoxy) is 1. The molecule has 0 spiro atoms. The highest BCUT2D eigenvalue weighted by Crippen LogP contribution is 2.47. The van der Waals surface area contributed by atoms with Crippen LogP contribution < -0.4 is 4.90 Å². The van der Waals surface area contributed by atoms with Crippen LogP contribution in [0.1, 0.15) is 10.4 Å². The molecule has 0 saturated carbocycles. The third-order valence-corrected chi connectivity index (χ3v) is 5.94. The van der Waals surface area contributed by atoms with Gasteiger partial charge in [-0.1, -0.05) is 65.3 Å². The summed E-state index contributed by atoms with van der Waals surface area (Å²) < 4.78 is 5.23. The van der Waals surface area contributed by atoms with E-state index in [0.717, 1.165) is 21.2 Å². The van der Waals surface area contributed by atoms with E-state index < -0.39 is 12.6 Å². The lowest BCUT2D eigenvalue weighted by Crippen LogP contribution is -2.32. The molecule has 0 aromatic heterocycles. The van der Waals surface area contributed by atoms with Gasteiger partial charge in [0.25, 0.3) is 5.91 Å². The summed E-state index contributed by atoms with van der Waals surface area (Å²) in [5, 5.41) is 0.352. The molecule has 0 unspecified atom stereocenters. The van der Waals surface area contributed by atoms with Crippen molar-refractivity contribution in [1.29, 1.82) is 0 Å². The van der Waals surface area contributed by atoms with Crippen molar-refractivity contribution in [2.24, 2.45) is 0 Å². The molecule has 1 amide bonds. The number of carbonyl (C=O) groups excluding carboxylic acids is 2. The zero-order valence-corrected chi connectivity index (χ0v) is 16.7. The predicted molar refractivity (Wildman–Crippen MR) is 111 cm³/mol. The molecule has 4 nitrogen and oxygen atoms in total. The molecule has 3 aromatic rings. The minimum absolute atomic E-state index is 0.0497. The van der Waals surface area contributed by atoms with Crippen molar-refractivity contribution in [2.75, 3.05) is 11.5 Å². The molecule has 3 aromatic carbocycles. The molecule has 1 aliphatic heterocycles. The van der Waals surface area contributed by atoms with E-state index in [2.05, 4.69) is 0 Å². The maximum atomic E-state index is 13.0. The van der Waals surface area contributed by atoms with Crippen LogP contribution in [0.15, 0.2) is 76.5 Å². The van der Waals surface area contributed by atoms with E-state index >= 15 is 0 Å². The first kappa shape index (κ1) is 18.9. The summed E-state index contributed by atoms with van der Waals surface area (Å²) in [5.41, 5.74) is 1.56. The van der Waals surface area contributed by atoms with Gasteiger partial charge in [-0.15, -0.1) is 0 Å². The largest absolute Gasteiger partial charge is 0.452 e. The summed E-state index contributed by atoms with van der Waals surface area (Å²) in [6, 6.07) is 19.9. The lowest BCUT2D eigenvalue weighted by Gasteiger charge is -2.30. The molecule has 0 radical (unpaired) electrons. The van der Waals surface area contributed by atoms with Gasteiger partial charge in [0.15, 0.2) is 6.61 Å². The van der Waals surface area contributed by atoms with Gasteiger partial charge in [-0.25, -0.2) is 4.79 Å². The summed E-state index contributed by atoms with van der Waals surface area (Å²) in [6.07, 6.45) is 0. The number of hydrogen-bond donors (Lipinski definition) is 0. The molecule has 0 saturated heterocycles. The monoisotopic (exact) mass is 429 g/mol. The van der Waals surface area contributed by atoms with Crippen molar-refractivity contribution in [1.82, 2.24) is 0 Å². The van der Waals surface area contributed by atoms with Crippen molar-refractivity contribution in [3.8, 4) is 0 Å². The Morgan fingerprint density at radius 1 is 0.821 bits per heavy atom. The summed E-state index contributed by atoms with van der Waals surface area (Å²) in [4.78, 5) is 28.9. The molecule has 0 N–H and O–H groups in total. The maximum absolute atomic E-state index is 13.0. The number of esters is 1. The third-order valence-electron chi connectivity index (χ3n) is 4.18. The maximum Gasteiger partial charge on any atom is 0.341 e. The highest BCUT2D eigenvalue weighted by Gasteiger charge is 2.29. The van der Waals surface area contributed by atoms with Crippen molar-refractivity contribution in [3.05, 3.63) is 82.3 Å².